The van der Waals surface area contributed by atoms with Crippen LogP contribution in [0.4, 0.5) is 0 Å². The summed E-state index contributed by atoms with van der Waals surface area (Å²) in [6.07, 6.45) is 1.72. The van der Waals surface area contributed by atoms with Crippen molar-refractivity contribution in [1.82, 2.24) is 4.57 Å². The molecule has 0 amide bonds. The zero-order valence-electron chi connectivity index (χ0n) is 13.6. The molecule has 0 atom stereocenters. The highest BCUT2D eigenvalue weighted by molar-refractivity contribution is 6.41. The number of carbonyl (C=O) groups excluding carboxylic acids is 2. The number of rotatable bonds is 4. The van der Waals surface area contributed by atoms with Crippen molar-refractivity contribution in [3.05, 3.63) is 64.0 Å². The van der Waals surface area contributed by atoms with E-state index in [1.54, 1.807) is 37.5 Å². The second kappa shape index (κ2) is 5.97. The van der Waals surface area contributed by atoms with Gasteiger partial charge in [-0.15, -0.1) is 0 Å². The van der Waals surface area contributed by atoms with Crippen LogP contribution >= 0.6 is 0 Å². The highest BCUT2D eigenvalue weighted by atomic mass is 16.5. The minimum Gasteiger partial charge on any atom is -0.383 e. The number of ether oxygens (including phenoxy) is 1. The molecule has 2 aromatic rings. The maximum atomic E-state index is 12.5. The van der Waals surface area contributed by atoms with Gasteiger partial charge in [-0.25, -0.2) is 0 Å². The van der Waals surface area contributed by atoms with E-state index in [0.717, 1.165) is 23.5 Å². The van der Waals surface area contributed by atoms with Crippen LogP contribution in [0.25, 0.3) is 6.08 Å². The number of aryl methyl sites for hydroxylation is 1. The second-order valence-corrected chi connectivity index (χ2v) is 5.73. The van der Waals surface area contributed by atoms with Crippen LogP contribution in [0.15, 0.2) is 35.9 Å². The summed E-state index contributed by atoms with van der Waals surface area (Å²) in [5.41, 5.74) is 4.26. The molecule has 0 aliphatic heterocycles. The number of Topliss-reactive ketones (excluding diaryl/α,β-unsaturated/α-hetero) is 2. The molecule has 1 aromatic carbocycles. The summed E-state index contributed by atoms with van der Waals surface area (Å²) < 4.78 is 7.26. The predicted octanol–water partition coefficient (Wildman–Crippen LogP) is 3.21. The van der Waals surface area contributed by atoms with E-state index in [1.165, 1.54) is 0 Å². The van der Waals surface area contributed by atoms with Gasteiger partial charge in [-0.2, -0.15) is 0 Å². The van der Waals surface area contributed by atoms with Gasteiger partial charge in [-0.3, -0.25) is 9.59 Å². The van der Waals surface area contributed by atoms with Gasteiger partial charge in [0.05, 0.1) is 12.2 Å². The van der Waals surface area contributed by atoms with Gasteiger partial charge < -0.3 is 9.30 Å². The molecule has 0 bridgehead atoms. The van der Waals surface area contributed by atoms with E-state index in [-0.39, 0.29) is 17.1 Å². The van der Waals surface area contributed by atoms with Gasteiger partial charge in [0.25, 0.3) is 0 Å². The standard InChI is InChI=1S/C19H19NO3/c1-12-10-14(13(2)20(12)8-9-23-3)11-17-18(21)15-6-4-5-7-16(15)19(17)22/h4-7,10-11H,8-9H2,1-3H3. The quantitative estimate of drug-likeness (QED) is 0.643. The van der Waals surface area contributed by atoms with Gasteiger partial charge >= 0.3 is 0 Å². The number of benzene rings is 1. The third-order valence-corrected chi connectivity index (χ3v) is 4.34. The fourth-order valence-electron chi connectivity index (χ4n) is 3.06. The van der Waals surface area contributed by atoms with Crippen molar-refractivity contribution in [2.45, 2.75) is 20.4 Å². The number of carbonyl (C=O) groups is 2. The molecular weight excluding hydrogens is 290 g/mol. The molecule has 1 aliphatic carbocycles. The summed E-state index contributed by atoms with van der Waals surface area (Å²) in [5.74, 6) is -0.375. The van der Waals surface area contributed by atoms with E-state index in [4.69, 9.17) is 4.74 Å². The van der Waals surface area contributed by atoms with Crippen LogP contribution in [0.3, 0.4) is 0 Å². The molecule has 0 fully saturated rings. The molecule has 4 nitrogen and oxygen atoms in total. The Morgan fingerprint density at radius 3 is 2.26 bits per heavy atom. The zero-order valence-corrected chi connectivity index (χ0v) is 13.6. The van der Waals surface area contributed by atoms with Crippen molar-refractivity contribution in [1.29, 1.82) is 0 Å². The molecule has 1 aliphatic rings. The minimum atomic E-state index is -0.188. The first-order valence-corrected chi connectivity index (χ1v) is 7.60. The Morgan fingerprint density at radius 1 is 1.09 bits per heavy atom. The number of fused-ring (bicyclic) bond motifs is 1. The maximum absolute atomic E-state index is 12.5. The average molecular weight is 309 g/mol. The molecule has 0 saturated heterocycles. The Balaban J connectivity index is 2.01. The monoisotopic (exact) mass is 309 g/mol. The van der Waals surface area contributed by atoms with Gasteiger partial charge in [-0.1, -0.05) is 24.3 Å². The molecule has 0 saturated carbocycles. The molecular formula is C19H19NO3. The lowest BCUT2D eigenvalue weighted by atomic mass is 10.1. The van der Waals surface area contributed by atoms with Crippen molar-refractivity contribution in [3.8, 4) is 0 Å². The first-order chi connectivity index (χ1) is 11.0. The van der Waals surface area contributed by atoms with Crippen molar-refractivity contribution in [2.24, 2.45) is 0 Å². The summed E-state index contributed by atoms with van der Waals surface area (Å²) >= 11 is 0. The highest BCUT2D eigenvalue weighted by Gasteiger charge is 2.32. The van der Waals surface area contributed by atoms with Gasteiger partial charge in [0.15, 0.2) is 11.6 Å². The van der Waals surface area contributed by atoms with E-state index in [9.17, 15) is 9.59 Å². The Labute approximate surface area is 135 Å². The average Bonchev–Trinajstić information content (AvgIpc) is 2.95. The molecule has 118 valence electrons. The van der Waals surface area contributed by atoms with Crippen LogP contribution in [-0.4, -0.2) is 29.9 Å². The van der Waals surface area contributed by atoms with Crippen molar-refractivity contribution in [3.63, 3.8) is 0 Å². The van der Waals surface area contributed by atoms with Gasteiger partial charge in [0.2, 0.25) is 0 Å². The number of hydrogen-bond acceptors (Lipinski definition) is 3. The SMILES string of the molecule is COCCn1c(C)cc(C=C2C(=O)c3ccccc3C2=O)c1C. The fraction of sp³-hybridized carbons (Fsp3) is 0.263. The van der Waals surface area contributed by atoms with Crippen molar-refractivity contribution in [2.75, 3.05) is 13.7 Å². The van der Waals surface area contributed by atoms with Crippen LogP contribution in [0, 0.1) is 13.8 Å². The topological polar surface area (TPSA) is 48.3 Å². The van der Waals surface area contributed by atoms with E-state index in [1.807, 2.05) is 19.9 Å². The molecule has 0 radical (unpaired) electrons. The molecule has 3 rings (SSSR count). The number of hydrogen-bond donors (Lipinski definition) is 0. The number of aromatic nitrogens is 1. The lowest BCUT2D eigenvalue weighted by Crippen LogP contribution is -2.07. The number of methoxy groups -OCH3 is 1. The van der Waals surface area contributed by atoms with E-state index >= 15 is 0 Å². The van der Waals surface area contributed by atoms with E-state index in [2.05, 4.69) is 4.57 Å². The first-order valence-electron chi connectivity index (χ1n) is 7.60. The van der Waals surface area contributed by atoms with Gasteiger partial charge in [0.1, 0.15) is 0 Å². The van der Waals surface area contributed by atoms with Crippen LogP contribution in [0.2, 0.25) is 0 Å². The van der Waals surface area contributed by atoms with Crippen LogP contribution in [0.5, 0.6) is 0 Å². The lowest BCUT2D eigenvalue weighted by molar-refractivity contribution is 0.0990. The summed E-state index contributed by atoms with van der Waals surface area (Å²) in [6, 6.07) is 8.98. The van der Waals surface area contributed by atoms with Crippen LogP contribution < -0.4 is 0 Å². The summed E-state index contributed by atoms with van der Waals surface area (Å²) in [4.78, 5) is 24.9. The van der Waals surface area contributed by atoms with Crippen molar-refractivity contribution < 1.29 is 14.3 Å². The molecule has 4 heteroatoms. The summed E-state index contributed by atoms with van der Waals surface area (Å²) in [5, 5.41) is 0. The van der Waals surface area contributed by atoms with Gasteiger partial charge in [-0.05, 0) is 31.6 Å². The smallest absolute Gasteiger partial charge is 0.197 e. The molecule has 0 unspecified atom stereocenters. The Kier molecular flexibility index (Phi) is 4.01. The zero-order chi connectivity index (χ0) is 16.6. The molecule has 1 heterocycles. The fourth-order valence-corrected chi connectivity index (χ4v) is 3.06. The Morgan fingerprint density at radius 2 is 1.70 bits per heavy atom. The molecule has 0 N–H and O–H groups in total. The third-order valence-electron chi connectivity index (χ3n) is 4.34. The Bertz CT molecular complexity index is 790. The first kappa shape index (κ1) is 15.4. The Hall–Kier alpha value is -2.46. The van der Waals surface area contributed by atoms with Crippen LogP contribution in [0.1, 0.15) is 37.7 Å². The van der Waals surface area contributed by atoms with Crippen molar-refractivity contribution >= 4 is 17.6 Å². The minimum absolute atomic E-state index is 0.188. The molecule has 1 aromatic heterocycles. The largest absolute Gasteiger partial charge is 0.383 e. The molecule has 23 heavy (non-hydrogen) atoms. The summed E-state index contributed by atoms with van der Waals surface area (Å²) in [6.45, 7) is 5.37. The number of nitrogens with zero attached hydrogens (tertiary/aromatic N) is 1. The normalized spacial score (nSPS) is 13.6. The van der Waals surface area contributed by atoms with E-state index in [0.29, 0.717) is 17.7 Å². The van der Waals surface area contributed by atoms with E-state index < -0.39 is 0 Å². The van der Waals surface area contributed by atoms with Gasteiger partial charge in [0, 0.05) is 36.2 Å². The maximum Gasteiger partial charge on any atom is 0.197 e. The summed E-state index contributed by atoms with van der Waals surface area (Å²) in [7, 11) is 1.67. The predicted molar refractivity (Wildman–Crippen MR) is 88.9 cm³/mol. The highest BCUT2D eigenvalue weighted by Crippen LogP contribution is 2.29. The third kappa shape index (κ3) is 2.55. The lowest BCUT2D eigenvalue weighted by Gasteiger charge is -2.08. The second-order valence-electron chi connectivity index (χ2n) is 5.73. The molecule has 0 spiro atoms. The number of ketones is 2. The van der Waals surface area contributed by atoms with Crippen LogP contribution in [-0.2, 0) is 11.3 Å². The number of allylic oxidation sites excluding steroid dienone is 1.